The first-order chi connectivity index (χ1) is 9.82. The predicted molar refractivity (Wildman–Crippen MR) is 59.6 cm³/mol. The molecule has 1 atom stereocenters. The molecule has 0 radical (unpaired) electrons. The quantitative estimate of drug-likeness (QED) is 0.506. The molecule has 0 saturated carbocycles. The number of carboxylic acids is 1. The van der Waals surface area contributed by atoms with E-state index in [1.807, 2.05) is 0 Å². The van der Waals surface area contributed by atoms with Crippen LogP contribution in [0.3, 0.4) is 0 Å². The molecule has 1 unspecified atom stereocenters. The number of hydrogen-bond donors (Lipinski definition) is 1. The van der Waals surface area contributed by atoms with Crippen LogP contribution in [0.2, 0.25) is 0 Å². The number of carbonyl (C=O) groups is 2. The van der Waals surface area contributed by atoms with Gasteiger partial charge < -0.3 is 14.7 Å². The Kier molecular flexibility index (Phi) is 4.12. The lowest BCUT2D eigenvalue weighted by Gasteiger charge is -2.31. The minimum atomic E-state index is -2.10. The number of carboxylic acid groups (broad SMARTS) is 1. The first-order valence-corrected chi connectivity index (χ1v) is 5.79. The average Bonchev–Trinajstić information content (AvgIpc) is 2.48. The minimum Gasteiger partial charge on any atom is -0.479 e. The number of morpholine rings is 1. The Morgan fingerprint density at radius 1 is 1.19 bits per heavy atom. The summed E-state index contributed by atoms with van der Waals surface area (Å²) in [4.78, 5) is 23.6. The van der Waals surface area contributed by atoms with Crippen molar-refractivity contribution >= 4 is 11.9 Å². The number of carbonyl (C=O) groups excluding carboxylic acids is 1. The van der Waals surface area contributed by atoms with Crippen LogP contribution in [0.5, 0.6) is 0 Å². The molecule has 0 bridgehead atoms. The van der Waals surface area contributed by atoms with Gasteiger partial charge in [0.1, 0.15) is 0 Å². The first-order valence-electron chi connectivity index (χ1n) is 5.79. The van der Waals surface area contributed by atoms with E-state index >= 15 is 0 Å². The molecule has 2 rings (SSSR count). The second-order valence-electron chi connectivity index (χ2n) is 4.30. The van der Waals surface area contributed by atoms with E-state index in [0.717, 1.165) is 4.90 Å². The Hall–Kier alpha value is -2.16. The largest absolute Gasteiger partial charge is 0.479 e. The zero-order valence-corrected chi connectivity index (χ0v) is 10.4. The highest BCUT2D eigenvalue weighted by molar-refractivity contribution is 5.95. The number of amides is 1. The number of nitrogens with zero attached hydrogens (tertiary/aromatic N) is 1. The van der Waals surface area contributed by atoms with Gasteiger partial charge >= 0.3 is 5.97 Å². The van der Waals surface area contributed by atoms with Gasteiger partial charge in [0.25, 0.3) is 5.91 Å². The molecule has 0 spiro atoms. The van der Waals surface area contributed by atoms with Crippen LogP contribution in [0, 0.1) is 23.3 Å². The summed E-state index contributed by atoms with van der Waals surface area (Å²) < 4.78 is 57.4. The number of hydrogen-bond acceptors (Lipinski definition) is 3. The van der Waals surface area contributed by atoms with E-state index in [9.17, 15) is 27.2 Å². The molecule has 1 amide bonds. The maximum Gasteiger partial charge on any atom is 0.334 e. The number of aliphatic carboxylic acids is 1. The molecule has 114 valence electrons. The van der Waals surface area contributed by atoms with Crippen molar-refractivity contribution in [3.63, 3.8) is 0 Å². The Labute approximate surface area is 115 Å². The van der Waals surface area contributed by atoms with Crippen LogP contribution in [-0.4, -0.2) is 47.7 Å². The van der Waals surface area contributed by atoms with Crippen LogP contribution in [0.25, 0.3) is 0 Å². The molecule has 1 aliphatic rings. The van der Waals surface area contributed by atoms with Gasteiger partial charge in [0, 0.05) is 6.54 Å². The van der Waals surface area contributed by atoms with Crippen molar-refractivity contribution in [2.24, 2.45) is 0 Å². The van der Waals surface area contributed by atoms with Crippen LogP contribution in [-0.2, 0) is 9.53 Å². The van der Waals surface area contributed by atoms with Gasteiger partial charge in [-0.2, -0.15) is 0 Å². The Morgan fingerprint density at radius 2 is 1.86 bits per heavy atom. The van der Waals surface area contributed by atoms with Crippen LogP contribution in [0.15, 0.2) is 6.07 Å². The summed E-state index contributed by atoms with van der Waals surface area (Å²) in [5.74, 6) is -10.1. The third kappa shape index (κ3) is 2.82. The summed E-state index contributed by atoms with van der Waals surface area (Å²) in [6.07, 6.45) is -1.32. The lowest BCUT2D eigenvalue weighted by Crippen LogP contribution is -2.48. The molecule has 1 aromatic carbocycles. The van der Waals surface area contributed by atoms with Gasteiger partial charge in [-0.25, -0.2) is 22.4 Å². The van der Waals surface area contributed by atoms with Crippen molar-refractivity contribution < 1.29 is 37.0 Å². The van der Waals surface area contributed by atoms with Gasteiger partial charge in [-0.1, -0.05) is 0 Å². The molecule has 1 N–H and O–H groups in total. The van der Waals surface area contributed by atoms with Gasteiger partial charge in [0.15, 0.2) is 29.4 Å². The van der Waals surface area contributed by atoms with Crippen molar-refractivity contribution in [2.75, 3.05) is 19.7 Å². The number of benzene rings is 1. The minimum absolute atomic E-state index is 0.0807. The molecule has 1 saturated heterocycles. The van der Waals surface area contributed by atoms with Crippen molar-refractivity contribution in [2.45, 2.75) is 6.10 Å². The molecule has 5 nitrogen and oxygen atoms in total. The highest BCUT2D eigenvalue weighted by Crippen LogP contribution is 2.21. The Bertz CT molecular complexity index is 607. The third-order valence-corrected chi connectivity index (χ3v) is 2.96. The number of halogens is 4. The van der Waals surface area contributed by atoms with Gasteiger partial charge in [-0.3, -0.25) is 4.79 Å². The van der Waals surface area contributed by atoms with E-state index in [2.05, 4.69) is 0 Å². The molecule has 1 aromatic rings. The van der Waals surface area contributed by atoms with E-state index in [1.54, 1.807) is 0 Å². The Morgan fingerprint density at radius 3 is 2.48 bits per heavy atom. The maximum atomic E-state index is 13.5. The van der Waals surface area contributed by atoms with Gasteiger partial charge in [-0.05, 0) is 6.07 Å². The summed E-state index contributed by atoms with van der Waals surface area (Å²) in [6.45, 7) is -0.618. The van der Waals surface area contributed by atoms with Gasteiger partial charge in [-0.15, -0.1) is 0 Å². The topological polar surface area (TPSA) is 66.8 Å². The fraction of sp³-hybridized carbons (Fsp3) is 0.333. The monoisotopic (exact) mass is 307 g/mol. The molecular weight excluding hydrogens is 298 g/mol. The van der Waals surface area contributed by atoms with Crippen LogP contribution in [0.4, 0.5) is 17.6 Å². The van der Waals surface area contributed by atoms with Crippen LogP contribution < -0.4 is 0 Å². The summed E-state index contributed by atoms with van der Waals surface area (Å²) in [5, 5.41) is 8.78. The predicted octanol–water partition coefficient (Wildman–Crippen LogP) is 1.17. The highest BCUT2D eigenvalue weighted by Gasteiger charge is 2.32. The summed E-state index contributed by atoms with van der Waals surface area (Å²) >= 11 is 0. The van der Waals surface area contributed by atoms with Crippen molar-refractivity contribution in [1.82, 2.24) is 4.90 Å². The summed E-state index contributed by atoms with van der Waals surface area (Å²) in [6, 6.07) is 0.237. The molecule has 9 heteroatoms. The van der Waals surface area contributed by atoms with E-state index in [4.69, 9.17) is 9.84 Å². The molecule has 1 aliphatic heterocycles. The van der Waals surface area contributed by atoms with Gasteiger partial charge in [0.05, 0.1) is 18.7 Å². The van der Waals surface area contributed by atoms with E-state index in [1.165, 1.54) is 0 Å². The SMILES string of the molecule is O=C(O)C1CN(C(=O)c2cc(F)c(F)c(F)c2F)CCO1. The van der Waals surface area contributed by atoms with E-state index < -0.39 is 53.4 Å². The second kappa shape index (κ2) is 5.68. The first kappa shape index (κ1) is 15.2. The van der Waals surface area contributed by atoms with E-state index in [0.29, 0.717) is 0 Å². The fourth-order valence-electron chi connectivity index (χ4n) is 1.88. The average molecular weight is 307 g/mol. The van der Waals surface area contributed by atoms with Gasteiger partial charge in [0.2, 0.25) is 0 Å². The van der Waals surface area contributed by atoms with E-state index in [-0.39, 0.29) is 19.2 Å². The second-order valence-corrected chi connectivity index (χ2v) is 4.30. The smallest absolute Gasteiger partial charge is 0.334 e. The van der Waals surface area contributed by atoms with Crippen molar-refractivity contribution in [3.8, 4) is 0 Å². The van der Waals surface area contributed by atoms with Crippen LogP contribution >= 0.6 is 0 Å². The number of ether oxygens (including phenoxy) is 1. The molecule has 0 aliphatic carbocycles. The summed E-state index contributed by atoms with van der Waals surface area (Å²) in [5.41, 5.74) is -1.00. The normalized spacial score (nSPS) is 18.7. The molecule has 21 heavy (non-hydrogen) atoms. The fourth-order valence-corrected chi connectivity index (χ4v) is 1.88. The lowest BCUT2D eigenvalue weighted by molar-refractivity contribution is -0.154. The zero-order chi connectivity index (χ0) is 15.7. The van der Waals surface area contributed by atoms with Crippen LogP contribution in [0.1, 0.15) is 10.4 Å². The standard InChI is InChI=1S/C12H9F4NO4/c13-6-3-5(8(14)10(16)9(6)15)11(18)17-1-2-21-7(4-17)12(19)20/h3,7H,1-2,4H2,(H,19,20). The summed E-state index contributed by atoms with van der Waals surface area (Å²) in [7, 11) is 0. The third-order valence-electron chi connectivity index (χ3n) is 2.96. The highest BCUT2D eigenvalue weighted by atomic mass is 19.2. The number of rotatable bonds is 2. The zero-order valence-electron chi connectivity index (χ0n) is 10.4. The molecule has 1 fully saturated rings. The van der Waals surface area contributed by atoms with Crippen molar-refractivity contribution in [3.05, 3.63) is 34.9 Å². The molecular formula is C12H9F4NO4. The maximum absolute atomic E-state index is 13.5. The lowest BCUT2D eigenvalue weighted by atomic mass is 10.1. The van der Waals surface area contributed by atoms with Crippen molar-refractivity contribution in [1.29, 1.82) is 0 Å². The molecule has 0 aromatic heterocycles. The Balaban J connectivity index is 2.30. The molecule has 1 heterocycles.